The average Bonchev–Trinajstić information content (AvgIpc) is 1.65. The Bertz CT molecular complexity index is 86.3. The van der Waals surface area contributed by atoms with Gasteiger partial charge in [-0.25, -0.2) is 9.90 Å². The summed E-state index contributed by atoms with van der Waals surface area (Å²) in [6.07, 6.45) is 0.722. The highest BCUT2D eigenvalue weighted by Crippen LogP contribution is 1.68. The van der Waals surface area contributed by atoms with Crippen molar-refractivity contribution in [2.24, 2.45) is 0 Å². The first-order valence-electron chi connectivity index (χ1n) is 2.84. The van der Waals surface area contributed by atoms with Gasteiger partial charge in [-0.2, -0.15) is 0 Å². The van der Waals surface area contributed by atoms with Crippen LogP contribution in [0.5, 0.6) is 0 Å². The molecule has 0 unspecified atom stereocenters. The highest BCUT2D eigenvalue weighted by atomic mass is 28.3. The van der Waals surface area contributed by atoms with E-state index < -0.39 is 5.97 Å². The molecule has 0 saturated heterocycles. The van der Waals surface area contributed by atoms with Crippen LogP contribution in [0.25, 0.3) is 0 Å². The van der Waals surface area contributed by atoms with Gasteiger partial charge in [0.2, 0.25) is 0 Å². The van der Waals surface area contributed by atoms with Crippen LogP contribution in [0.3, 0.4) is 0 Å². The third-order valence-corrected chi connectivity index (χ3v) is 0.167. The van der Waals surface area contributed by atoms with Crippen LogP contribution in [0.1, 0.15) is 0 Å². The summed E-state index contributed by atoms with van der Waals surface area (Å²) in [5, 5.41) is 9.14. The second kappa shape index (κ2) is 7.43. The quantitative estimate of drug-likeness (QED) is 0.404. The van der Waals surface area contributed by atoms with E-state index in [2.05, 4.69) is 26.2 Å². The standard InChI is InChI=1S/C3H3O2.C3H10Si/c1-2-3(4)5;1-4(2)3/h2H,1H2;4H,1-3H3. The maximum Gasteiger partial charge on any atom is 0.378 e. The Labute approximate surface area is 57.8 Å². The molecule has 0 fully saturated rings. The summed E-state index contributed by atoms with van der Waals surface area (Å²) >= 11 is 0. The maximum atomic E-state index is 9.14. The van der Waals surface area contributed by atoms with E-state index in [0.29, 0.717) is 0 Å². The van der Waals surface area contributed by atoms with Gasteiger partial charge < -0.3 is 0 Å². The van der Waals surface area contributed by atoms with Gasteiger partial charge in [0.15, 0.2) is 0 Å². The molecule has 0 bridgehead atoms. The lowest BCUT2D eigenvalue weighted by Gasteiger charge is -1.75. The van der Waals surface area contributed by atoms with E-state index in [1.807, 2.05) is 0 Å². The topological polar surface area (TPSA) is 37.0 Å². The fourth-order valence-electron chi connectivity index (χ4n) is 0. The van der Waals surface area contributed by atoms with Crippen LogP contribution in [0.2, 0.25) is 19.6 Å². The Hall–Kier alpha value is -0.573. The molecule has 1 radical (unpaired) electrons. The van der Waals surface area contributed by atoms with Crippen molar-refractivity contribution >= 4 is 14.8 Å². The van der Waals surface area contributed by atoms with E-state index in [-0.39, 0.29) is 8.80 Å². The fraction of sp³-hybridized carbons (Fsp3) is 0.500. The zero-order valence-electron chi connectivity index (χ0n) is 6.18. The van der Waals surface area contributed by atoms with Crippen LogP contribution in [-0.2, 0) is 9.90 Å². The first-order chi connectivity index (χ1) is 4.00. The van der Waals surface area contributed by atoms with Gasteiger partial charge in [-0.15, -0.1) is 0 Å². The molecule has 0 aromatic carbocycles. The van der Waals surface area contributed by atoms with Gasteiger partial charge in [-0.1, -0.05) is 26.2 Å². The molecule has 0 atom stereocenters. The molecule has 0 rings (SSSR count). The Morgan fingerprint density at radius 2 is 1.56 bits per heavy atom. The van der Waals surface area contributed by atoms with E-state index in [9.17, 15) is 0 Å². The largest absolute Gasteiger partial charge is 0.378 e. The molecule has 0 heterocycles. The predicted molar refractivity (Wildman–Crippen MR) is 40.6 cm³/mol. The van der Waals surface area contributed by atoms with Gasteiger partial charge in [-0.05, 0) is 0 Å². The molecular formula is C6H13O2Si. The van der Waals surface area contributed by atoms with Crippen LogP contribution in [0, 0.1) is 0 Å². The minimum absolute atomic E-state index is 0.139. The number of carbonyl (C=O) groups is 1. The van der Waals surface area contributed by atoms with Crippen molar-refractivity contribution in [2.45, 2.75) is 19.6 Å². The Kier molecular flexibility index (Phi) is 9.29. The Morgan fingerprint density at radius 3 is 1.56 bits per heavy atom. The van der Waals surface area contributed by atoms with Gasteiger partial charge in [-0.3, -0.25) is 0 Å². The zero-order chi connectivity index (χ0) is 7.86. The van der Waals surface area contributed by atoms with Gasteiger partial charge in [0, 0.05) is 14.9 Å². The highest BCUT2D eigenvalue weighted by Gasteiger charge is 1.79. The number of hydrogen-bond acceptors (Lipinski definition) is 1. The lowest BCUT2D eigenvalue weighted by molar-refractivity contribution is -0.137. The molecule has 9 heavy (non-hydrogen) atoms. The summed E-state index contributed by atoms with van der Waals surface area (Å²) < 4.78 is 0. The third kappa shape index (κ3) is 107. The maximum absolute atomic E-state index is 9.14. The SMILES string of the molecule is C=CC([O])=O.C[SiH](C)C. The van der Waals surface area contributed by atoms with Crippen molar-refractivity contribution in [2.75, 3.05) is 0 Å². The van der Waals surface area contributed by atoms with Crippen LogP contribution in [0.15, 0.2) is 12.7 Å². The molecule has 0 N–H and O–H groups in total. The van der Waals surface area contributed by atoms with Crippen molar-refractivity contribution in [3.63, 3.8) is 0 Å². The Morgan fingerprint density at radius 1 is 1.44 bits per heavy atom. The summed E-state index contributed by atoms with van der Waals surface area (Å²) in [4.78, 5) is 9.14. The van der Waals surface area contributed by atoms with Crippen LogP contribution < -0.4 is 0 Å². The molecular weight excluding hydrogens is 132 g/mol. The molecule has 0 saturated carbocycles. The second-order valence-corrected chi connectivity index (χ2v) is 5.72. The normalized spacial score (nSPS) is 7.56. The summed E-state index contributed by atoms with van der Waals surface area (Å²) in [5.41, 5.74) is 0. The minimum atomic E-state index is -1.23. The lowest BCUT2D eigenvalue weighted by atomic mass is 10.7. The molecule has 0 amide bonds. The van der Waals surface area contributed by atoms with E-state index in [0.717, 1.165) is 6.08 Å². The van der Waals surface area contributed by atoms with Crippen molar-refractivity contribution in [1.29, 1.82) is 0 Å². The average molecular weight is 145 g/mol. The monoisotopic (exact) mass is 145 g/mol. The van der Waals surface area contributed by atoms with Gasteiger partial charge in [0.05, 0.1) is 0 Å². The van der Waals surface area contributed by atoms with Crippen LogP contribution >= 0.6 is 0 Å². The third-order valence-electron chi connectivity index (χ3n) is 0.167. The highest BCUT2D eigenvalue weighted by molar-refractivity contribution is 6.54. The molecule has 0 aliphatic rings. The van der Waals surface area contributed by atoms with Crippen molar-refractivity contribution in [1.82, 2.24) is 0 Å². The smallest absolute Gasteiger partial charge is 0.242 e. The van der Waals surface area contributed by atoms with E-state index >= 15 is 0 Å². The summed E-state index contributed by atoms with van der Waals surface area (Å²) in [7, 11) is -0.139. The molecule has 2 nitrogen and oxygen atoms in total. The molecule has 53 valence electrons. The zero-order valence-corrected chi connectivity index (χ0v) is 7.33. The number of rotatable bonds is 1. The first-order valence-corrected chi connectivity index (χ1v) is 6.30. The van der Waals surface area contributed by atoms with E-state index in [4.69, 9.17) is 9.90 Å². The summed E-state index contributed by atoms with van der Waals surface area (Å²) in [5.74, 6) is -1.23. The minimum Gasteiger partial charge on any atom is -0.242 e. The molecule has 3 heteroatoms. The summed E-state index contributed by atoms with van der Waals surface area (Å²) in [6.45, 7) is 9.81. The van der Waals surface area contributed by atoms with Crippen molar-refractivity contribution in [3.8, 4) is 0 Å². The molecule has 0 spiro atoms. The van der Waals surface area contributed by atoms with E-state index in [1.54, 1.807) is 0 Å². The van der Waals surface area contributed by atoms with Crippen molar-refractivity contribution in [3.05, 3.63) is 12.7 Å². The molecule has 0 aromatic heterocycles. The summed E-state index contributed by atoms with van der Waals surface area (Å²) in [6, 6.07) is 0. The first kappa shape index (κ1) is 11.3. The van der Waals surface area contributed by atoms with E-state index in [1.165, 1.54) is 0 Å². The van der Waals surface area contributed by atoms with Gasteiger partial charge in [0.25, 0.3) is 0 Å². The lowest BCUT2D eigenvalue weighted by Crippen LogP contribution is -1.84. The molecule has 0 aromatic rings. The second-order valence-electron chi connectivity index (χ2n) is 2.26. The molecule has 0 aliphatic carbocycles. The van der Waals surface area contributed by atoms with Crippen LogP contribution in [-0.4, -0.2) is 14.8 Å². The van der Waals surface area contributed by atoms with Crippen molar-refractivity contribution < 1.29 is 9.90 Å². The number of carbonyl (C=O) groups excluding carboxylic acids is 1. The van der Waals surface area contributed by atoms with Gasteiger partial charge >= 0.3 is 5.97 Å². The van der Waals surface area contributed by atoms with Crippen LogP contribution in [0.4, 0.5) is 0 Å². The predicted octanol–water partition coefficient (Wildman–Crippen LogP) is 1.23. The Balaban J connectivity index is 0. The van der Waals surface area contributed by atoms with Gasteiger partial charge in [0.1, 0.15) is 0 Å². The number of hydrogen-bond donors (Lipinski definition) is 0. The fourth-order valence-corrected chi connectivity index (χ4v) is 0. The molecule has 0 aliphatic heterocycles.